The number of aromatic nitrogens is 3. The Morgan fingerprint density at radius 1 is 1.08 bits per heavy atom. The maximum absolute atomic E-state index is 4.58. The van der Waals surface area contributed by atoms with Crippen molar-refractivity contribution in [3.05, 3.63) is 75.5 Å². The molecule has 0 N–H and O–H groups in total. The van der Waals surface area contributed by atoms with Crippen molar-refractivity contribution in [1.82, 2.24) is 14.9 Å². The second-order valence-electron chi connectivity index (χ2n) is 6.32. The first-order valence-electron chi connectivity index (χ1n) is 8.46. The van der Waals surface area contributed by atoms with E-state index in [-0.39, 0.29) is 0 Å². The van der Waals surface area contributed by atoms with E-state index in [1.807, 2.05) is 25.3 Å². The van der Waals surface area contributed by atoms with Gasteiger partial charge >= 0.3 is 0 Å². The molecule has 0 spiro atoms. The van der Waals surface area contributed by atoms with E-state index < -0.39 is 0 Å². The van der Waals surface area contributed by atoms with Gasteiger partial charge in [0.1, 0.15) is 0 Å². The molecule has 0 atom stereocenters. The van der Waals surface area contributed by atoms with E-state index in [1.54, 1.807) is 16.4 Å². The molecule has 0 aliphatic carbocycles. The Morgan fingerprint density at radius 2 is 1.77 bits per heavy atom. The van der Waals surface area contributed by atoms with Crippen LogP contribution in [0, 0.1) is 6.92 Å². The van der Waals surface area contributed by atoms with Gasteiger partial charge in [-0.15, -0.1) is 10.2 Å². The van der Waals surface area contributed by atoms with Gasteiger partial charge in [-0.25, -0.2) is 0 Å². The van der Waals surface area contributed by atoms with E-state index in [2.05, 4.69) is 81.5 Å². The van der Waals surface area contributed by atoms with Crippen LogP contribution in [0.1, 0.15) is 42.3 Å². The summed E-state index contributed by atoms with van der Waals surface area (Å²) in [4.78, 5) is 0. The van der Waals surface area contributed by atoms with E-state index in [4.69, 9.17) is 0 Å². The smallest absolute Gasteiger partial charge is 0.192 e. The molecular formula is C20H21BrN4S. The zero-order valence-electron chi connectivity index (χ0n) is 15.1. The minimum atomic E-state index is 0.530. The van der Waals surface area contributed by atoms with Crippen molar-refractivity contribution in [2.45, 2.75) is 37.6 Å². The zero-order valence-corrected chi connectivity index (χ0v) is 17.5. The quantitative estimate of drug-likeness (QED) is 0.376. The van der Waals surface area contributed by atoms with Crippen LogP contribution in [0.2, 0.25) is 0 Å². The molecule has 1 aromatic heterocycles. The Kier molecular flexibility index (Phi) is 6.27. The van der Waals surface area contributed by atoms with Crippen LogP contribution in [-0.4, -0.2) is 21.1 Å². The molecular weight excluding hydrogens is 408 g/mol. The number of aryl methyl sites for hydroxylation is 1. The summed E-state index contributed by atoms with van der Waals surface area (Å²) >= 11 is 5.09. The first-order chi connectivity index (χ1) is 12.5. The van der Waals surface area contributed by atoms with Crippen molar-refractivity contribution in [1.29, 1.82) is 0 Å². The Morgan fingerprint density at radius 3 is 2.42 bits per heavy atom. The minimum Gasteiger partial charge on any atom is -0.192 e. The Hall–Kier alpha value is -1.92. The fraction of sp³-hybridized carbons (Fsp3) is 0.250. The fourth-order valence-corrected chi connectivity index (χ4v) is 3.53. The van der Waals surface area contributed by atoms with Gasteiger partial charge in [0.2, 0.25) is 5.16 Å². The molecule has 134 valence electrons. The van der Waals surface area contributed by atoms with Crippen LogP contribution in [0.15, 0.2) is 63.3 Å². The molecule has 0 aliphatic heterocycles. The van der Waals surface area contributed by atoms with Gasteiger partial charge in [-0.05, 0) is 41.7 Å². The Balaban J connectivity index is 1.71. The summed E-state index contributed by atoms with van der Waals surface area (Å²) < 4.78 is 2.87. The number of halogens is 1. The van der Waals surface area contributed by atoms with Crippen molar-refractivity contribution in [2.24, 2.45) is 5.10 Å². The predicted molar refractivity (Wildman–Crippen MR) is 112 cm³/mol. The Bertz CT molecular complexity index is 883. The summed E-state index contributed by atoms with van der Waals surface area (Å²) in [5.74, 6) is 2.13. The van der Waals surface area contributed by atoms with Crippen LogP contribution in [0.3, 0.4) is 0 Å². The van der Waals surface area contributed by atoms with Crippen molar-refractivity contribution < 1.29 is 0 Å². The number of benzene rings is 2. The fourth-order valence-electron chi connectivity index (χ4n) is 2.38. The summed E-state index contributed by atoms with van der Waals surface area (Å²) in [6.45, 7) is 6.30. The molecule has 0 saturated heterocycles. The van der Waals surface area contributed by atoms with E-state index in [0.29, 0.717) is 5.92 Å². The number of hydrogen-bond acceptors (Lipinski definition) is 4. The van der Waals surface area contributed by atoms with Crippen molar-refractivity contribution >= 4 is 33.9 Å². The van der Waals surface area contributed by atoms with Gasteiger partial charge in [-0.2, -0.15) is 9.78 Å². The first-order valence-corrected chi connectivity index (χ1v) is 10.2. The molecule has 3 rings (SSSR count). The van der Waals surface area contributed by atoms with Gasteiger partial charge < -0.3 is 0 Å². The van der Waals surface area contributed by atoms with E-state index in [9.17, 15) is 0 Å². The van der Waals surface area contributed by atoms with E-state index in [0.717, 1.165) is 26.8 Å². The van der Waals surface area contributed by atoms with E-state index in [1.165, 1.54) is 11.1 Å². The van der Waals surface area contributed by atoms with Crippen LogP contribution in [-0.2, 0) is 5.75 Å². The maximum atomic E-state index is 4.58. The normalized spacial score (nSPS) is 11.6. The highest BCUT2D eigenvalue weighted by Gasteiger charge is 2.09. The van der Waals surface area contributed by atoms with Crippen LogP contribution >= 0.6 is 27.7 Å². The second-order valence-corrected chi connectivity index (χ2v) is 8.18. The lowest BCUT2D eigenvalue weighted by Gasteiger charge is -2.05. The van der Waals surface area contributed by atoms with Gasteiger partial charge in [0, 0.05) is 10.2 Å². The highest BCUT2D eigenvalue weighted by Crippen LogP contribution is 2.23. The number of nitrogens with zero attached hydrogens (tertiary/aromatic N) is 4. The van der Waals surface area contributed by atoms with Gasteiger partial charge in [0.25, 0.3) is 0 Å². The molecule has 0 aliphatic rings. The average molecular weight is 429 g/mol. The molecule has 0 amide bonds. The summed E-state index contributed by atoms with van der Waals surface area (Å²) in [6.07, 6.45) is 1.85. The Labute approximate surface area is 166 Å². The molecule has 0 fully saturated rings. The summed E-state index contributed by atoms with van der Waals surface area (Å²) in [6, 6.07) is 16.8. The van der Waals surface area contributed by atoms with Gasteiger partial charge in [0.15, 0.2) is 5.82 Å². The second kappa shape index (κ2) is 8.64. The average Bonchev–Trinajstić information content (AvgIpc) is 2.99. The van der Waals surface area contributed by atoms with Crippen molar-refractivity contribution in [3.63, 3.8) is 0 Å². The summed E-state index contributed by atoms with van der Waals surface area (Å²) in [5, 5.41) is 13.8. The van der Waals surface area contributed by atoms with Crippen LogP contribution < -0.4 is 0 Å². The van der Waals surface area contributed by atoms with Crippen LogP contribution in [0.5, 0.6) is 0 Å². The lowest BCUT2D eigenvalue weighted by Crippen LogP contribution is -1.97. The molecule has 26 heavy (non-hydrogen) atoms. The molecule has 2 aromatic carbocycles. The minimum absolute atomic E-state index is 0.530. The molecule has 0 unspecified atom stereocenters. The largest absolute Gasteiger partial charge is 0.212 e. The summed E-state index contributed by atoms with van der Waals surface area (Å²) in [5.41, 5.74) is 3.62. The standard InChI is InChI=1S/C20H21BrN4S/c1-14(2)18-8-4-16(5-9-18)12-22-25-15(3)23-24-20(25)26-13-17-6-10-19(21)11-7-17/h4-12,14H,13H2,1-3H3/b22-12-. The molecule has 0 bridgehead atoms. The van der Waals surface area contributed by atoms with Crippen molar-refractivity contribution in [3.8, 4) is 0 Å². The van der Waals surface area contributed by atoms with Crippen molar-refractivity contribution in [2.75, 3.05) is 0 Å². The highest BCUT2D eigenvalue weighted by molar-refractivity contribution is 9.10. The van der Waals surface area contributed by atoms with Crippen LogP contribution in [0.25, 0.3) is 0 Å². The molecule has 6 heteroatoms. The maximum Gasteiger partial charge on any atom is 0.212 e. The molecule has 4 nitrogen and oxygen atoms in total. The SMILES string of the molecule is Cc1nnc(SCc2ccc(Br)cc2)n1/N=C\c1ccc(C(C)C)cc1. The van der Waals surface area contributed by atoms with E-state index >= 15 is 0 Å². The number of thioether (sulfide) groups is 1. The third-order valence-electron chi connectivity index (χ3n) is 3.97. The molecule has 0 radical (unpaired) electrons. The third-order valence-corrected chi connectivity index (χ3v) is 5.49. The number of hydrogen-bond donors (Lipinski definition) is 0. The number of rotatable bonds is 6. The lowest BCUT2D eigenvalue weighted by molar-refractivity contribution is 0.744. The molecule has 1 heterocycles. The molecule has 3 aromatic rings. The van der Waals surface area contributed by atoms with Gasteiger partial charge in [0.05, 0.1) is 6.21 Å². The topological polar surface area (TPSA) is 43.1 Å². The zero-order chi connectivity index (χ0) is 18.5. The molecule has 0 saturated carbocycles. The summed E-state index contributed by atoms with van der Waals surface area (Å²) in [7, 11) is 0. The van der Waals surface area contributed by atoms with Gasteiger partial charge in [-0.3, -0.25) is 0 Å². The van der Waals surface area contributed by atoms with Crippen LogP contribution in [0.4, 0.5) is 0 Å². The first kappa shape index (κ1) is 18.9. The predicted octanol–water partition coefficient (Wildman–Crippen LogP) is 5.65. The van der Waals surface area contributed by atoms with Gasteiger partial charge in [-0.1, -0.05) is 77.9 Å². The lowest BCUT2D eigenvalue weighted by atomic mass is 10.0. The third kappa shape index (κ3) is 4.83. The highest BCUT2D eigenvalue weighted by atomic mass is 79.9. The monoisotopic (exact) mass is 428 g/mol.